The first kappa shape index (κ1) is 14.3. The Labute approximate surface area is 145 Å². The van der Waals surface area contributed by atoms with E-state index in [2.05, 4.69) is 106 Å². The SMILES string of the molecule is BrC1=Cc2ccccc2N(Cc2ccccc2)c2ccccc21. The second-order valence-corrected chi connectivity index (χ2v) is 6.49. The van der Waals surface area contributed by atoms with E-state index in [1.54, 1.807) is 0 Å². The molecule has 3 aromatic rings. The Balaban J connectivity index is 1.90. The molecule has 0 unspecified atom stereocenters. The fourth-order valence-corrected chi connectivity index (χ4v) is 3.63. The summed E-state index contributed by atoms with van der Waals surface area (Å²) < 4.78 is 1.12. The fraction of sp³-hybridized carbons (Fsp3) is 0.0476. The number of hydrogen-bond acceptors (Lipinski definition) is 1. The number of benzene rings is 3. The zero-order valence-corrected chi connectivity index (χ0v) is 14.2. The Kier molecular flexibility index (Phi) is 3.76. The van der Waals surface area contributed by atoms with Gasteiger partial charge < -0.3 is 4.90 Å². The van der Waals surface area contributed by atoms with Crippen molar-refractivity contribution in [3.63, 3.8) is 0 Å². The first-order valence-corrected chi connectivity index (χ1v) is 8.49. The number of rotatable bonds is 2. The van der Waals surface area contributed by atoms with E-state index < -0.39 is 0 Å². The van der Waals surface area contributed by atoms with Crippen LogP contribution in [0.25, 0.3) is 10.6 Å². The predicted octanol–water partition coefficient (Wildman–Crippen LogP) is 6.23. The Morgan fingerprint density at radius 1 is 0.696 bits per heavy atom. The number of fused-ring (bicyclic) bond motifs is 2. The van der Waals surface area contributed by atoms with Crippen LogP contribution in [0.15, 0.2) is 78.9 Å². The normalized spacial score (nSPS) is 12.9. The van der Waals surface area contributed by atoms with Crippen molar-refractivity contribution in [2.45, 2.75) is 6.54 Å². The Morgan fingerprint density at radius 3 is 2.17 bits per heavy atom. The highest BCUT2D eigenvalue weighted by Crippen LogP contribution is 2.42. The molecule has 2 heteroatoms. The van der Waals surface area contributed by atoms with E-state index in [1.807, 2.05) is 0 Å². The van der Waals surface area contributed by atoms with Crippen LogP contribution in [0.5, 0.6) is 0 Å². The van der Waals surface area contributed by atoms with Crippen molar-refractivity contribution in [3.05, 3.63) is 95.6 Å². The van der Waals surface area contributed by atoms with E-state index in [0.717, 1.165) is 11.0 Å². The molecule has 0 aromatic heterocycles. The van der Waals surface area contributed by atoms with E-state index in [1.165, 1.54) is 28.1 Å². The minimum absolute atomic E-state index is 0.850. The van der Waals surface area contributed by atoms with Gasteiger partial charge in [0.2, 0.25) is 0 Å². The monoisotopic (exact) mass is 361 g/mol. The maximum atomic E-state index is 3.75. The Bertz CT molecular complexity index is 868. The second-order valence-electron chi connectivity index (χ2n) is 5.64. The molecule has 0 spiro atoms. The molecule has 0 atom stereocenters. The van der Waals surface area contributed by atoms with Gasteiger partial charge in [-0.3, -0.25) is 0 Å². The van der Waals surface area contributed by atoms with Gasteiger partial charge in [0, 0.05) is 28.0 Å². The van der Waals surface area contributed by atoms with Crippen LogP contribution in [0, 0.1) is 0 Å². The molecule has 1 heterocycles. The Hall–Kier alpha value is -2.32. The van der Waals surface area contributed by atoms with Crippen molar-refractivity contribution in [2.75, 3.05) is 4.90 Å². The number of hydrogen-bond donors (Lipinski definition) is 0. The van der Waals surface area contributed by atoms with Crippen LogP contribution in [-0.4, -0.2) is 0 Å². The quantitative estimate of drug-likeness (QED) is 0.522. The van der Waals surface area contributed by atoms with E-state index in [4.69, 9.17) is 0 Å². The van der Waals surface area contributed by atoms with Crippen LogP contribution < -0.4 is 4.90 Å². The molecule has 0 saturated carbocycles. The molecule has 1 nitrogen and oxygen atoms in total. The Morgan fingerprint density at radius 2 is 1.35 bits per heavy atom. The van der Waals surface area contributed by atoms with Gasteiger partial charge in [0.1, 0.15) is 0 Å². The van der Waals surface area contributed by atoms with E-state index >= 15 is 0 Å². The molecule has 23 heavy (non-hydrogen) atoms. The largest absolute Gasteiger partial charge is 0.336 e. The van der Waals surface area contributed by atoms with Crippen molar-refractivity contribution < 1.29 is 0 Å². The molecule has 0 aliphatic carbocycles. The molecule has 0 N–H and O–H groups in total. The summed E-state index contributed by atoms with van der Waals surface area (Å²) in [5, 5.41) is 0. The third-order valence-electron chi connectivity index (χ3n) is 4.15. The van der Waals surface area contributed by atoms with Gasteiger partial charge in [-0.2, -0.15) is 0 Å². The van der Waals surface area contributed by atoms with Gasteiger partial charge in [-0.25, -0.2) is 0 Å². The number of nitrogens with zero attached hydrogens (tertiary/aromatic N) is 1. The summed E-state index contributed by atoms with van der Waals surface area (Å²) in [6.45, 7) is 0.850. The molecule has 0 fully saturated rings. The van der Waals surface area contributed by atoms with E-state index in [-0.39, 0.29) is 0 Å². The molecule has 0 bridgehead atoms. The van der Waals surface area contributed by atoms with Gasteiger partial charge in [0.05, 0.1) is 0 Å². The van der Waals surface area contributed by atoms with Crippen molar-refractivity contribution in [3.8, 4) is 0 Å². The smallest absolute Gasteiger partial charge is 0.0499 e. The van der Waals surface area contributed by atoms with Crippen molar-refractivity contribution in [1.29, 1.82) is 0 Å². The van der Waals surface area contributed by atoms with Crippen LogP contribution in [-0.2, 0) is 6.54 Å². The maximum absolute atomic E-state index is 3.75. The van der Waals surface area contributed by atoms with Gasteiger partial charge in [0.15, 0.2) is 0 Å². The molecule has 3 aromatic carbocycles. The van der Waals surface area contributed by atoms with Crippen LogP contribution in [0.2, 0.25) is 0 Å². The summed E-state index contributed by atoms with van der Waals surface area (Å²) in [6, 6.07) is 27.7. The van der Waals surface area contributed by atoms with Crippen LogP contribution in [0.3, 0.4) is 0 Å². The third kappa shape index (κ3) is 2.71. The van der Waals surface area contributed by atoms with Crippen LogP contribution in [0.4, 0.5) is 11.4 Å². The number of anilines is 2. The van der Waals surface area contributed by atoms with Gasteiger partial charge >= 0.3 is 0 Å². The van der Waals surface area contributed by atoms with Gasteiger partial charge in [-0.1, -0.05) is 82.7 Å². The van der Waals surface area contributed by atoms with Gasteiger partial charge in [-0.05, 0) is 29.3 Å². The molecule has 0 amide bonds. The van der Waals surface area contributed by atoms with E-state index in [9.17, 15) is 0 Å². The summed E-state index contributed by atoms with van der Waals surface area (Å²) in [6.07, 6.45) is 2.21. The van der Waals surface area contributed by atoms with Crippen LogP contribution >= 0.6 is 15.9 Å². The van der Waals surface area contributed by atoms with Crippen molar-refractivity contribution in [2.24, 2.45) is 0 Å². The minimum Gasteiger partial charge on any atom is -0.336 e. The lowest BCUT2D eigenvalue weighted by atomic mass is 10.1. The van der Waals surface area contributed by atoms with Crippen molar-refractivity contribution in [1.82, 2.24) is 0 Å². The molecular weight excluding hydrogens is 346 g/mol. The predicted molar refractivity (Wildman–Crippen MR) is 102 cm³/mol. The summed E-state index contributed by atoms with van der Waals surface area (Å²) >= 11 is 3.75. The second kappa shape index (κ2) is 6.05. The lowest BCUT2D eigenvalue weighted by Crippen LogP contribution is -2.17. The van der Waals surface area contributed by atoms with Gasteiger partial charge in [0.25, 0.3) is 0 Å². The number of halogens is 1. The van der Waals surface area contributed by atoms with Gasteiger partial charge in [-0.15, -0.1) is 0 Å². The molecular formula is C21H16BrN. The maximum Gasteiger partial charge on any atom is 0.0499 e. The number of para-hydroxylation sites is 2. The molecule has 0 saturated heterocycles. The standard InChI is InChI=1S/C21H16BrN/c22-19-14-17-10-4-6-12-20(17)23(15-16-8-2-1-3-9-16)21-13-7-5-11-18(19)21/h1-14H,15H2. The average Bonchev–Trinajstić information content (AvgIpc) is 2.72. The fourth-order valence-electron chi connectivity index (χ4n) is 3.05. The van der Waals surface area contributed by atoms with E-state index in [0.29, 0.717) is 0 Å². The summed E-state index contributed by atoms with van der Waals surface area (Å²) in [5.74, 6) is 0. The highest BCUT2D eigenvalue weighted by atomic mass is 79.9. The zero-order valence-electron chi connectivity index (χ0n) is 12.6. The first-order chi connectivity index (χ1) is 11.3. The topological polar surface area (TPSA) is 3.24 Å². The highest BCUT2D eigenvalue weighted by Gasteiger charge is 2.20. The third-order valence-corrected chi connectivity index (χ3v) is 4.80. The molecule has 1 aliphatic heterocycles. The molecule has 1 aliphatic rings. The molecule has 0 radical (unpaired) electrons. The average molecular weight is 362 g/mol. The highest BCUT2D eigenvalue weighted by molar-refractivity contribution is 9.15. The summed E-state index contributed by atoms with van der Waals surface area (Å²) in [7, 11) is 0. The van der Waals surface area contributed by atoms with Crippen molar-refractivity contribution >= 4 is 37.9 Å². The lowest BCUT2D eigenvalue weighted by Gasteiger charge is -2.27. The lowest BCUT2D eigenvalue weighted by molar-refractivity contribution is 0.974. The first-order valence-electron chi connectivity index (χ1n) is 7.70. The summed E-state index contributed by atoms with van der Waals surface area (Å²) in [4.78, 5) is 2.39. The molecule has 112 valence electrons. The zero-order chi connectivity index (χ0) is 15.6. The van der Waals surface area contributed by atoms with Crippen LogP contribution in [0.1, 0.15) is 16.7 Å². The molecule has 4 rings (SSSR count). The summed E-state index contributed by atoms with van der Waals surface area (Å²) in [5.41, 5.74) is 6.21. The minimum atomic E-state index is 0.850.